The van der Waals surface area contributed by atoms with Gasteiger partial charge in [-0.3, -0.25) is 0 Å². The topological polar surface area (TPSA) is 25.8 Å². The van der Waals surface area contributed by atoms with Crippen LogP contribution in [0, 0.1) is 0 Å². The molecular weight excluding hydrogens is 641 g/mol. The third-order valence-corrected chi connectivity index (χ3v) is 11.1. The molecule has 0 saturated heterocycles. The maximum Gasteiger partial charge on any atom is 0.161 e. The zero-order valence-corrected chi connectivity index (χ0v) is 29.7. The molecule has 0 amide bonds. The van der Waals surface area contributed by atoms with Crippen molar-refractivity contribution in [3.8, 4) is 67.3 Å². The Labute approximate surface area is 310 Å². The lowest BCUT2D eigenvalue weighted by Gasteiger charge is -2.22. The maximum absolute atomic E-state index is 5.26. The first kappa shape index (κ1) is 31.1. The van der Waals surface area contributed by atoms with Gasteiger partial charge in [-0.25, -0.2) is 9.97 Å². The van der Waals surface area contributed by atoms with Gasteiger partial charge in [-0.05, 0) is 84.3 Å². The molecule has 0 N–H and O–H groups in total. The van der Waals surface area contributed by atoms with Crippen molar-refractivity contribution < 1.29 is 0 Å². The molecule has 1 aliphatic carbocycles. The maximum atomic E-state index is 5.26. The molecule has 0 bridgehead atoms. The van der Waals surface area contributed by atoms with E-state index in [1.54, 1.807) is 0 Å². The van der Waals surface area contributed by atoms with Gasteiger partial charge in [0.2, 0.25) is 0 Å². The van der Waals surface area contributed by atoms with Gasteiger partial charge >= 0.3 is 0 Å². The van der Waals surface area contributed by atoms with Crippen molar-refractivity contribution in [1.29, 1.82) is 0 Å². The number of benzene rings is 8. The zero-order valence-electron chi connectivity index (χ0n) is 29.7. The number of aromatic nitrogens is 2. The van der Waals surface area contributed by atoms with Gasteiger partial charge in [0.05, 0.1) is 11.4 Å². The number of hydrogen-bond acceptors (Lipinski definition) is 2. The fraction of sp³-hybridized carbons (Fsp3) is 0.0588. The summed E-state index contributed by atoms with van der Waals surface area (Å²) in [7, 11) is 0. The Bertz CT molecular complexity index is 2830. The second kappa shape index (κ2) is 12.3. The van der Waals surface area contributed by atoms with Crippen molar-refractivity contribution in [1.82, 2.24) is 9.97 Å². The second-order valence-corrected chi connectivity index (χ2v) is 14.6. The van der Waals surface area contributed by atoms with Crippen LogP contribution in [-0.4, -0.2) is 9.97 Å². The van der Waals surface area contributed by atoms with Gasteiger partial charge in [0, 0.05) is 22.1 Å². The zero-order chi connectivity index (χ0) is 35.5. The molecule has 250 valence electrons. The summed E-state index contributed by atoms with van der Waals surface area (Å²) >= 11 is 0. The molecule has 53 heavy (non-hydrogen) atoms. The molecule has 10 rings (SSSR count). The Morgan fingerprint density at radius 2 is 0.868 bits per heavy atom. The fourth-order valence-corrected chi connectivity index (χ4v) is 8.36. The fourth-order valence-electron chi connectivity index (χ4n) is 8.36. The van der Waals surface area contributed by atoms with Crippen LogP contribution in [-0.2, 0) is 5.41 Å². The highest BCUT2D eigenvalue weighted by molar-refractivity contribution is 6.06. The Kier molecular flexibility index (Phi) is 7.19. The second-order valence-electron chi connectivity index (χ2n) is 14.6. The van der Waals surface area contributed by atoms with Crippen LogP contribution in [0.3, 0.4) is 0 Å². The van der Waals surface area contributed by atoms with Crippen molar-refractivity contribution in [2.45, 2.75) is 19.3 Å². The van der Waals surface area contributed by atoms with E-state index in [2.05, 4.69) is 190 Å². The first-order valence-electron chi connectivity index (χ1n) is 18.3. The van der Waals surface area contributed by atoms with E-state index in [-0.39, 0.29) is 5.41 Å². The molecule has 8 aromatic carbocycles. The molecule has 2 nitrogen and oxygen atoms in total. The summed E-state index contributed by atoms with van der Waals surface area (Å²) < 4.78 is 0. The molecule has 0 aliphatic heterocycles. The quantitative estimate of drug-likeness (QED) is 0.181. The number of hydrogen-bond donors (Lipinski definition) is 0. The van der Waals surface area contributed by atoms with Crippen LogP contribution in [0.25, 0.3) is 88.8 Å². The summed E-state index contributed by atoms with van der Waals surface area (Å²) in [6, 6.07) is 65.3. The van der Waals surface area contributed by atoms with Crippen molar-refractivity contribution >= 4 is 21.5 Å². The highest BCUT2D eigenvalue weighted by Gasteiger charge is 2.36. The minimum atomic E-state index is -0.109. The van der Waals surface area contributed by atoms with E-state index in [4.69, 9.17) is 9.97 Å². The Hall–Kier alpha value is -6.64. The van der Waals surface area contributed by atoms with E-state index in [1.165, 1.54) is 60.7 Å². The molecular formula is C51H36N2. The highest BCUT2D eigenvalue weighted by Crippen LogP contribution is 2.52. The monoisotopic (exact) mass is 676 g/mol. The highest BCUT2D eigenvalue weighted by atomic mass is 14.9. The molecule has 0 saturated carbocycles. The molecule has 1 heterocycles. The summed E-state index contributed by atoms with van der Waals surface area (Å²) in [4.78, 5) is 10.5. The molecule has 9 aromatic rings. The minimum absolute atomic E-state index is 0.109. The van der Waals surface area contributed by atoms with Gasteiger partial charge in [-0.15, -0.1) is 0 Å². The van der Waals surface area contributed by atoms with Crippen LogP contribution >= 0.6 is 0 Å². The largest absolute Gasteiger partial charge is 0.228 e. The third kappa shape index (κ3) is 5.18. The molecule has 1 aromatic heterocycles. The van der Waals surface area contributed by atoms with E-state index in [0.29, 0.717) is 5.82 Å². The molecule has 2 heteroatoms. The van der Waals surface area contributed by atoms with Gasteiger partial charge in [0.15, 0.2) is 5.82 Å². The van der Waals surface area contributed by atoms with Crippen LogP contribution in [0.1, 0.15) is 25.0 Å². The molecule has 0 atom stereocenters. The molecule has 0 spiro atoms. The van der Waals surface area contributed by atoms with E-state index < -0.39 is 0 Å². The predicted molar refractivity (Wildman–Crippen MR) is 222 cm³/mol. The average Bonchev–Trinajstić information content (AvgIpc) is 3.46. The van der Waals surface area contributed by atoms with Crippen LogP contribution in [0.2, 0.25) is 0 Å². The van der Waals surface area contributed by atoms with Crippen molar-refractivity contribution in [3.05, 3.63) is 193 Å². The predicted octanol–water partition coefficient (Wildman–Crippen LogP) is 13.4. The van der Waals surface area contributed by atoms with Crippen LogP contribution in [0.4, 0.5) is 0 Å². The van der Waals surface area contributed by atoms with Gasteiger partial charge in [0.25, 0.3) is 0 Å². The summed E-state index contributed by atoms with van der Waals surface area (Å²) in [6.45, 7) is 4.72. The summed E-state index contributed by atoms with van der Waals surface area (Å²) in [5.41, 5.74) is 15.1. The number of fused-ring (bicyclic) bond motifs is 6. The smallest absolute Gasteiger partial charge is 0.161 e. The molecule has 0 unspecified atom stereocenters. The van der Waals surface area contributed by atoms with Gasteiger partial charge in [-0.1, -0.05) is 178 Å². The lowest BCUT2D eigenvalue weighted by Crippen LogP contribution is -2.15. The van der Waals surface area contributed by atoms with Crippen molar-refractivity contribution in [3.63, 3.8) is 0 Å². The number of rotatable bonds is 5. The van der Waals surface area contributed by atoms with Crippen molar-refractivity contribution in [2.24, 2.45) is 0 Å². The first-order chi connectivity index (χ1) is 26.0. The van der Waals surface area contributed by atoms with Gasteiger partial charge in [-0.2, -0.15) is 0 Å². The summed E-state index contributed by atoms with van der Waals surface area (Å²) in [6.07, 6.45) is 0. The molecule has 0 radical (unpaired) electrons. The van der Waals surface area contributed by atoms with Crippen molar-refractivity contribution in [2.75, 3.05) is 0 Å². The normalized spacial score (nSPS) is 12.9. The molecule has 0 fully saturated rings. The number of nitrogens with zero attached hydrogens (tertiary/aromatic N) is 2. The Morgan fingerprint density at radius 3 is 1.58 bits per heavy atom. The standard InChI is InChI=1S/C51H36N2/c1-51(2)45-30-26-35-15-9-10-18-40(35)49(45)44-27-25-38(31-46(44)51)39-28-29-43(42-20-12-11-19-41(39)42)50-52-47(36-16-7-4-8-17-36)32-48(53-50)37-23-21-34(22-24-37)33-13-5-3-6-14-33/h3-32H,1-2H3. The lowest BCUT2D eigenvalue weighted by atomic mass is 9.81. The SMILES string of the molecule is CC1(C)c2cc(-c3ccc(-c4nc(-c5ccccc5)cc(-c5ccc(-c6ccccc6)cc5)n4)c4ccccc34)ccc2-c2c1ccc1ccccc21. The first-order valence-corrected chi connectivity index (χ1v) is 18.3. The van der Waals surface area contributed by atoms with E-state index >= 15 is 0 Å². The lowest BCUT2D eigenvalue weighted by molar-refractivity contribution is 0.661. The summed E-state index contributed by atoms with van der Waals surface area (Å²) in [5.74, 6) is 0.716. The third-order valence-electron chi connectivity index (χ3n) is 11.1. The minimum Gasteiger partial charge on any atom is -0.228 e. The van der Waals surface area contributed by atoms with E-state index in [0.717, 1.165) is 33.5 Å². The molecule has 1 aliphatic rings. The van der Waals surface area contributed by atoms with E-state index in [9.17, 15) is 0 Å². The van der Waals surface area contributed by atoms with Crippen LogP contribution < -0.4 is 0 Å². The Morgan fingerprint density at radius 1 is 0.358 bits per heavy atom. The van der Waals surface area contributed by atoms with E-state index in [1.807, 2.05) is 6.07 Å². The van der Waals surface area contributed by atoms with Crippen LogP contribution in [0.15, 0.2) is 182 Å². The van der Waals surface area contributed by atoms with Crippen LogP contribution in [0.5, 0.6) is 0 Å². The summed E-state index contributed by atoms with van der Waals surface area (Å²) in [5, 5.41) is 4.93. The van der Waals surface area contributed by atoms with Gasteiger partial charge < -0.3 is 0 Å². The van der Waals surface area contributed by atoms with Gasteiger partial charge in [0.1, 0.15) is 0 Å². The average molecular weight is 677 g/mol. The Balaban J connectivity index is 1.10.